The van der Waals surface area contributed by atoms with Crippen molar-refractivity contribution in [1.82, 2.24) is 0 Å². The maximum atomic E-state index is 9.94. The van der Waals surface area contributed by atoms with Crippen molar-refractivity contribution in [3.8, 4) is 0 Å². The molecule has 0 aromatic carbocycles. The van der Waals surface area contributed by atoms with E-state index in [4.69, 9.17) is 23.7 Å². The van der Waals surface area contributed by atoms with Crippen molar-refractivity contribution >= 4 is 0 Å². The molecule has 2 aliphatic heterocycles. The summed E-state index contributed by atoms with van der Waals surface area (Å²) in [6.45, 7) is 5.83. The Labute approximate surface area is 126 Å². The van der Waals surface area contributed by atoms with Gasteiger partial charge in [0, 0.05) is 27.1 Å². The number of aliphatic hydroxyl groups is 1. The molecule has 2 heterocycles. The Morgan fingerprint density at radius 2 is 1.57 bits per heavy atom. The van der Waals surface area contributed by atoms with E-state index < -0.39 is 6.10 Å². The van der Waals surface area contributed by atoms with Crippen molar-refractivity contribution in [3.63, 3.8) is 0 Å². The van der Waals surface area contributed by atoms with Crippen molar-refractivity contribution < 1.29 is 28.8 Å². The number of aliphatic hydroxyl groups excluding tert-OH is 1. The molecular weight excluding hydrogens is 276 g/mol. The molecule has 0 aromatic heterocycles. The molecular formula is C15H28O6. The summed E-state index contributed by atoms with van der Waals surface area (Å²) in [5.74, 6) is 0.145. The summed E-state index contributed by atoms with van der Waals surface area (Å²) >= 11 is 0. The predicted molar refractivity (Wildman–Crippen MR) is 75.8 cm³/mol. The molecule has 21 heavy (non-hydrogen) atoms. The van der Waals surface area contributed by atoms with Crippen molar-refractivity contribution in [2.24, 2.45) is 5.92 Å². The zero-order valence-electron chi connectivity index (χ0n) is 13.5. The highest BCUT2D eigenvalue weighted by molar-refractivity contribution is 4.85. The molecule has 8 unspecified atom stereocenters. The molecule has 0 saturated carbocycles. The van der Waals surface area contributed by atoms with E-state index in [1.54, 1.807) is 14.2 Å². The van der Waals surface area contributed by atoms with Gasteiger partial charge in [-0.1, -0.05) is 6.92 Å². The fourth-order valence-corrected chi connectivity index (χ4v) is 3.12. The standard InChI is InChI=1S/C15H28O6/c1-8-6-13(19-9(2)14(8)16)21-15-10(3)20-12(18-5)7-11(15)17-4/h8-16H,6-7H2,1-5H3. The Bertz CT molecular complexity index is 313. The van der Waals surface area contributed by atoms with Crippen LogP contribution in [0.25, 0.3) is 0 Å². The topological polar surface area (TPSA) is 66.4 Å². The molecule has 0 amide bonds. The van der Waals surface area contributed by atoms with E-state index in [1.807, 2.05) is 20.8 Å². The fourth-order valence-electron chi connectivity index (χ4n) is 3.12. The lowest BCUT2D eigenvalue weighted by Crippen LogP contribution is -2.53. The Morgan fingerprint density at radius 3 is 2.14 bits per heavy atom. The van der Waals surface area contributed by atoms with E-state index in [-0.39, 0.29) is 42.9 Å². The van der Waals surface area contributed by atoms with Crippen LogP contribution in [-0.2, 0) is 23.7 Å². The monoisotopic (exact) mass is 304 g/mol. The van der Waals surface area contributed by atoms with Crippen LogP contribution < -0.4 is 0 Å². The smallest absolute Gasteiger partial charge is 0.160 e. The highest BCUT2D eigenvalue weighted by Crippen LogP contribution is 2.31. The summed E-state index contributed by atoms with van der Waals surface area (Å²) in [5.41, 5.74) is 0. The van der Waals surface area contributed by atoms with E-state index in [9.17, 15) is 5.11 Å². The predicted octanol–water partition coefficient (Wildman–Crippen LogP) is 1.30. The lowest BCUT2D eigenvalue weighted by Gasteiger charge is -2.43. The first-order valence-electron chi connectivity index (χ1n) is 7.66. The zero-order valence-corrected chi connectivity index (χ0v) is 13.5. The molecule has 0 bridgehead atoms. The minimum absolute atomic E-state index is 0.0974. The summed E-state index contributed by atoms with van der Waals surface area (Å²) in [6, 6.07) is 0. The number of ether oxygens (including phenoxy) is 5. The number of rotatable bonds is 4. The maximum Gasteiger partial charge on any atom is 0.160 e. The van der Waals surface area contributed by atoms with Gasteiger partial charge in [0.2, 0.25) is 0 Å². The van der Waals surface area contributed by atoms with Gasteiger partial charge >= 0.3 is 0 Å². The Balaban J connectivity index is 1.97. The van der Waals surface area contributed by atoms with Crippen LogP contribution in [0.5, 0.6) is 0 Å². The second-order valence-corrected chi connectivity index (χ2v) is 6.09. The van der Waals surface area contributed by atoms with E-state index in [1.165, 1.54) is 0 Å². The quantitative estimate of drug-likeness (QED) is 0.844. The normalized spacial score (nSPS) is 48.3. The van der Waals surface area contributed by atoms with Gasteiger partial charge in [-0.25, -0.2) is 0 Å². The molecule has 2 aliphatic rings. The minimum atomic E-state index is -0.444. The molecule has 0 radical (unpaired) electrons. The Morgan fingerprint density at radius 1 is 0.905 bits per heavy atom. The average Bonchev–Trinajstić information content (AvgIpc) is 2.46. The molecule has 6 nitrogen and oxygen atoms in total. The Kier molecular flexibility index (Phi) is 5.99. The number of hydrogen-bond donors (Lipinski definition) is 1. The van der Waals surface area contributed by atoms with Gasteiger partial charge in [-0.15, -0.1) is 0 Å². The van der Waals surface area contributed by atoms with E-state index in [0.717, 1.165) is 0 Å². The molecule has 0 aromatic rings. The molecule has 2 saturated heterocycles. The number of hydrogen-bond acceptors (Lipinski definition) is 6. The van der Waals surface area contributed by atoms with Gasteiger partial charge in [-0.2, -0.15) is 0 Å². The second kappa shape index (κ2) is 7.35. The van der Waals surface area contributed by atoms with Gasteiger partial charge < -0.3 is 28.8 Å². The van der Waals surface area contributed by atoms with Crippen LogP contribution in [0.15, 0.2) is 0 Å². The highest BCUT2D eigenvalue weighted by atomic mass is 16.7. The minimum Gasteiger partial charge on any atom is -0.390 e. The molecule has 6 heteroatoms. The van der Waals surface area contributed by atoms with Gasteiger partial charge in [0.15, 0.2) is 12.6 Å². The fraction of sp³-hybridized carbons (Fsp3) is 1.00. The van der Waals surface area contributed by atoms with E-state index in [0.29, 0.717) is 12.8 Å². The van der Waals surface area contributed by atoms with Gasteiger partial charge in [0.25, 0.3) is 0 Å². The van der Waals surface area contributed by atoms with Gasteiger partial charge in [0.1, 0.15) is 6.10 Å². The van der Waals surface area contributed by atoms with Crippen molar-refractivity contribution in [3.05, 3.63) is 0 Å². The van der Waals surface area contributed by atoms with E-state index in [2.05, 4.69) is 0 Å². The average molecular weight is 304 g/mol. The first-order chi connectivity index (χ1) is 9.96. The lowest BCUT2D eigenvalue weighted by atomic mass is 9.94. The van der Waals surface area contributed by atoms with Crippen molar-refractivity contribution in [2.45, 2.75) is 76.7 Å². The van der Waals surface area contributed by atoms with Gasteiger partial charge in [-0.05, 0) is 19.8 Å². The number of methoxy groups -OCH3 is 2. The summed E-state index contributed by atoms with van der Waals surface area (Å²) in [7, 11) is 3.29. The van der Waals surface area contributed by atoms with Crippen LogP contribution in [0.1, 0.15) is 33.6 Å². The summed E-state index contributed by atoms with van der Waals surface area (Å²) in [4.78, 5) is 0. The largest absolute Gasteiger partial charge is 0.390 e. The van der Waals surface area contributed by atoms with Crippen LogP contribution in [0.4, 0.5) is 0 Å². The molecule has 1 N–H and O–H groups in total. The molecule has 2 rings (SSSR count). The molecule has 2 fully saturated rings. The van der Waals surface area contributed by atoms with Crippen molar-refractivity contribution in [2.75, 3.05) is 14.2 Å². The molecule has 0 aliphatic carbocycles. The van der Waals surface area contributed by atoms with Gasteiger partial charge in [0.05, 0.1) is 24.4 Å². The lowest BCUT2D eigenvalue weighted by molar-refractivity contribution is -0.307. The third-order valence-corrected chi connectivity index (χ3v) is 4.49. The molecule has 124 valence electrons. The van der Waals surface area contributed by atoms with Gasteiger partial charge in [-0.3, -0.25) is 0 Å². The SMILES string of the molecule is COC1CC(OC)C(OC2CC(C)C(O)C(C)O2)C(C)O1. The maximum absolute atomic E-state index is 9.94. The summed E-state index contributed by atoms with van der Waals surface area (Å²) in [5, 5.41) is 9.94. The third kappa shape index (κ3) is 3.94. The van der Waals surface area contributed by atoms with E-state index >= 15 is 0 Å². The van der Waals surface area contributed by atoms with Crippen LogP contribution >= 0.6 is 0 Å². The van der Waals surface area contributed by atoms with Crippen LogP contribution in [-0.4, -0.2) is 62.4 Å². The first-order valence-corrected chi connectivity index (χ1v) is 7.66. The van der Waals surface area contributed by atoms with Crippen LogP contribution in [0.3, 0.4) is 0 Å². The first kappa shape index (κ1) is 17.1. The van der Waals surface area contributed by atoms with Crippen LogP contribution in [0.2, 0.25) is 0 Å². The zero-order chi connectivity index (χ0) is 15.6. The van der Waals surface area contributed by atoms with Crippen LogP contribution in [0, 0.1) is 5.92 Å². The molecule has 0 spiro atoms. The molecule has 8 atom stereocenters. The highest BCUT2D eigenvalue weighted by Gasteiger charge is 2.41. The summed E-state index contributed by atoms with van der Waals surface area (Å²) in [6.07, 6.45) is -0.438. The van der Waals surface area contributed by atoms with Crippen molar-refractivity contribution in [1.29, 1.82) is 0 Å². The summed E-state index contributed by atoms with van der Waals surface area (Å²) < 4.78 is 28.4. The third-order valence-electron chi connectivity index (χ3n) is 4.49. The Hall–Kier alpha value is -0.240. The second-order valence-electron chi connectivity index (χ2n) is 6.09.